The molecule has 4 rings (SSSR count). The van der Waals surface area contributed by atoms with Crippen LogP contribution in [0.2, 0.25) is 0 Å². The van der Waals surface area contributed by atoms with Crippen molar-refractivity contribution in [2.45, 2.75) is 25.7 Å². The van der Waals surface area contributed by atoms with Gasteiger partial charge in [0.1, 0.15) is 11.5 Å². The van der Waals surface area contributed by atoms with E-state index in [-0.39, 0.29) is 36.2 Å². The maximum Gasteiger partial charge on any atom is 0.343 e. The maximum absolute atomic E-state index is 12.5. The molecule has 0 aliphatic carbocycles. The molecule has 0 aromatic heterocycles. The summed E-state index contributed by atoms with van der Waals surface area (Å²) < 4.78 is 31.9. The van der Waals surface area contributed by atoms with Crippen molar-refractivity contribution in [2.24, 2.45) is 10.2 Å². The Morgan fingerprint density at radius 2 is 0.904 bits per heavy atom. The normalized spacial score (nSPS) is 10.8. The van der Waals surface area contributed by atoms with Gasteiger partial charge in [-0.2, -0.15) is 10.2 Å². The molecule has 0 aliphatic heterocycles. The third kappa shape index (κ3) is 11.4. The third-order valence-electron chi connectivity index (χ3n) is 7.30. The Morgan fingerprint density at radius 3 is 1.25 bits per heavy atom. The van der Waals surface area contributed by atoms with Crippen LogP contribution in [0.5, 0.6) is 34.5 Å². The molecule has 2 amide bonds. The Hall–Kier alpha value is -6.70. The molecule has 0 spiro atoms. The smallest absolute Gasteiger partial charge is 0.343 e. The minimum absolute atomic E-state index is 0.159. The van der Waals surface area contributed by atoms with Gasteiger partial charge in [-0.25, -0.2) is 20.4 Å². The Labute approximate surface area is 300 Å². The van der Waals surface area contributed by atoms with Gasteiger partial charge in [0.2, 0.25) is 11.8 Å². The first-order valence-electron chi connectivity index (χ1n) is 15.9. The van der Waals surface area contributed by atoms with Gasteiger partial charge in [0.25, 0.3) is 0 Å². The summed E-state index contributed by atoms with van der Waals surface area (Å²) in [5.74, 6) is 0.533. The molecule has 0 aliphatic rings. The van der Waals surface area contributed by atoms with E-state index in [2.05, 4.69) is 21.1 Å². The van der Waals surface area contributed by atoms with E-state index in [1.54, 1.807) is 84.9 Å². The van der Waals surface area contributed by atoms with Crippen molar-refractivity contribution in [2.75, 3.05) is 28.4 Å². The fourth-order valence-electron chi connectivity index (χ4n) is 4.51. The fraction of sp³-hybridized carbons (Fsp3) is 0.211. The van der Waals surface area contributed by atoms with Gasteiger partial charge in [0.15, 0.2) is 23.0 Å². The first-order chi connectivity index (χ1) is 25.2. The molecule has 0 fully saturated rings. The third-order valence-corrected chi connectivity index (χ3v) is 7.30. The first kappa shape index (κ1) is 38.1. The second-order valence-corrected chi connectivity index (χ2v) is 10.9. The average Bonchev–Trinajstić information content (AvgIpc) is 3.17. The van der Waals surface area contributed by atoms with E-state index >= 15 is 0 Å². The zero-order valence-electron chi connectivity index (χ0n) is 29.0. The van der Waals surface area contributed by atoms with Crippen LogP contribution in [0, 0.1) is 0 Å². The molecular weight excluding hydrogens is 672 g/mol. The fourth-order valence-corrected chi connectivity index (χ4v) is 4.51. The number of hydrogen-bond acceptors (Lipinski definition) is 12. The van der Waals surface area contributed by atoms with E-state index in [0.29, 0.717) is 58.1 Å². The van der Waals surface area contributed by atoms with Gasteiger partial charge in [0, 0.05) is 12.8 Å². The zero-order valence-corrected chi connectivity index (χ0v) is 29.0. The predicted octanol–water partition coefficient (Wildman–Crippen LogP) is 5.32. The highest BCUT2D eigenvalue weighted by molar-refractivity contribution is 5.92. The summed E-state index contributed by atoms with van der Waals surface area (Å²) in [7, 11) is 5.96. The first-order valence-corrected chi connectivity index (χ1v) is 15.9. The number of methoxy groups -OCH3 is 4. The number of carbonyl (C=O) groups is 4. The lowest BCUT2D eigenvalue weighted by molar-refractivity contribution is -0.123. The van der Waals surface area contributed by atoms with Crippen molar-refractivity contribution in [3.05, 3.63) is 107 Å². The number of carbonyl (C=O) groups excluding carboxylic acids is 4. The lowest BCUT2D eigenvalue weighted by Crippen LogP contribution is -2.19. The predicted molar refractivity (Wildman–Crippen MR) is 192 cm³/mol. The Morgan fingerprint density at radius 1 is 0.519 bits per heavy atom. The monoisotopic (exact) mass is 710 g/mol. The molecule has 0 saturated carbocycles. The topological polar surface area (TPSA) is 172 Å². The Kier molecular flexibility index (Phi) is 14.3. The molecule has 14 nitrogen and oxygen atoms in total. The van der Waals surface area contributed by atoms with Crippen LogP contribution in [0.4, 0.5) is 0 Å². The van der Waals surface area contributed by atoms with Crippen LogP contribution in [0.3, 0.4) is 0 Å². The number of benzene rings is 4. The number of nitrogens with zero attached hydrogens (tertiary/aromatic N) is 2. The summed E-state index contributed by atoms with van der Waals surface area (Å²) in [4.78, 5) is 49.5. The maximum atomic E-state index is 12.5. The van der Waals surface area contributed by atoms with Gasteiger partial charge in [-0.1, -0.05) is 0 Å². The summed E-state index contributed by atoms with van der Waals surface area (Å²) in [6.07, 6.45) is 4.08. The van der Waals surface area contributed by atoms with Crippen LogP contribution in [0.1, 0.15) is 57.5 Å². The lowest BCUT2D eigenvalue weighted by atomic mass is 10.2. The van der Waals surface area contributed by atoms with Crippen LogP contribution in [-0.2, 0) is 9.59 Å². The molecule has 270 valence electrons. The van der Waals surface area contributed by atoms with Crippen molar-refractivity contribution in [3.8, 4) is 34.5 Å². The number of hydrazone groups is 2. The number of nitrogens with one attached hydrogen (secondary N) is 2. The van der Waals surface area contributed by atoms with Crippen molar-refractivity contribution >= 4 is 36.2 Å². The molecule has 0 atom stereocenters. The molecule has 4 aromatic carbocycles. The number of hydrogen-bond donors (Lipinski definition) is 2. The summed E-state index contributed by atoms with van der Waals surface area (Å²) in [5.41, 5.74) is 6.79. The highest BCUT2D eigenvalue weighted by Gasteiger charge is 2.15. The van der Waals surface area contributed by atoms with Crippen LogP contribution in [0.25, 0.3) is 0 Å². The molecule has 0 unspecified atom stereocenters. The van der Waals surface area contributed by atoms with Crippen LogP contribution in [0.15, 0.2) is 95.1 Å². The van der Waals surface area contributed by atoms with E-state index in [9.17, 15) is 19.2 Å². The van der Waals surface area contributed by atoms with E-state index in [1.165, 1.54) is 40.9 Å². The number of unbranched alkanes of at least 4 members (excludes halogenated alkanes) is 1. The number of amides is 2. The summed E-state index contributed by atoms with van der Waals surface area (Å²) >= 11 is 0. The minimum Gasteiger partial charge on any atom is -0.497 e. The Balaban J connectivity index is 1.15. The highest BCUT2D eigenvalue weighted by atomic mass is 16.6. The van der Waals surface area contributed by atoms with Crippen LogP contribution in [-0.4, -0.2) is 64.6 Å². The molecule has 14 heteroatoms. The van der Waals surface area contributed by atoms with E-state index in [0.717, 1.165) is 0 Å². The van der Waals surface area contributed by atoms with Gasteiger partial charge in [-0.05, 0) is 109 Å². The van der Waals surface area contributed by atoms with E-state index < -0.39 is 11.9 Å². The highest BCUT2D eigenvalue weighted by Crippen LogP contribution is 2.30. The van der Waals surface area contributed by atoms with Crippen molar-refractivity contribution in [3.63, 3.8) is 0 Å². The number of rotatable bonds is 17. The number of esters is 2. The number of ether oxygens (including phenoxy) is 6. The van der Waals surface area contributed by atoms with Gasteiger partial charge < -0.3 is 28.4 Å². The van der Waals surface area contributed by atoms with Gasteiger partial charge >= 0.3 is 11.9 Å². The van der Waals surface area contributed by atoms with Crippen molar-refractivity contribution in [1.29, 1.82) is 0 Å². The largest absolute Gasteiger partial charge is 0.497 e. The second-order valence-electron chi connectivity index (χ2n) is 10.9. The quantitative estimate of drug-likeness (QED) is 0.0480. The molecule has 52 heavy (non-hydrogen) atoms. The van der Waals surface area contributed by atoms with Crippen molar-refractivity contribution in [1.82, 2.24) is 10.9 Å². The molecule has 0 heterocycles. The summed E-state index contributed by atoms with van der Waals surface area (Å²) in [5, 5.41) is 7.94. The van der Waals surface area contributed by atoms with Gasteiger partial charge in [-0.3, -0.25) is 9.59 Å². The lowest BCUT2D eigenvalue weighted by Gasteiger charge is -2.10. The van der Waals surface area contributed by atoms with Gasteiger partial charge in [0.05, 0.1) is 52.0 Å². The van der Waals surface area contributed by atoms with Gasteiger partial charge in [-0.15, -0.1) is 0 Å². The Bertz CT molecular complexity index is 1770. The average molecular weight is 711 g/mol. The SMILES string of the molecule is COc1ccc(C(=O)Oc2ccc(C=NNC(=O)CCCCC(=O)NN=Cc3ccc(OC(=O)c4ccc(OC)cc4)c(OC)c3)cc2OC)cc1. The van der Waals surface area contributed by atoms with E-state index in [4.69, 9.17) is 28.4 Å². The molecule has 0 bridgehead atoms. The van der Waals surface area contributed by atoms with E-state index in [1.807, 2.05) is 0 Å². The molecule has 2 N–H and O–H groups in total. The van der Waals surface area contributed by atoms with Crippen LogP contribution >= 0.6 is 0 Å². The molecule has 0 radical (unpaired) electrons. The molecule has 0 saturated heterocycles. The standard InChI is InChI=1S/C38H38N4O10/c1-47-29-15-11-27(12-16-29)37(45)51-31-19-9-25(21-33(31)49-3)23-39-41-35(43)7-5-6-8-36(44)42-40-24-26-10-20-32(34(22-26)50-4)52-38(46)28-13-17-30(48-2)18-14-28/h9-24H,5-8H2,1-4H3,(H,41,43)(H,42,44). The zero-order chi connectivity index (χ0) is 37.3. The minimum atomic E-state index is -0.559. The second kappa shape index (κ2) is 19.5. The van der Waals surface area contributed by atoms with Crippen LogP contribution < -0.4 is 39.3 Å². The molecular formula is C38H38N4O10. The molecule has 4 aromatic rings. The van der Waals surface area contributed by atoms with Crippen molar-refractivity contribution < 1.29 is 47.6 Å². The summed E-state index contributed by atoms with van der Waals surface area (Å²) in [6, 6.07) is 22.7. The summed E-state index contributed by atoms with van der Waals surface area (Å²) in [6.45, 7) is 0.